The number of nitrogens with one attached hydrogen (secondary N) is 2. The van der Waals surface area contributed by atoms with Crippen molar-refractivity contribution >= 4 is 11.7 Å². The Bertz CT molecular complexity index is 524. The van der Waals surface area contributed by atoms with Crippen LogP contribution in [0, 0.1) is 0 Å². The number of likely N-dealkylation sites (tertiary alicyclic amines) is 1. The second kappa shape index (κ2) is 5.42. The van der Waals surface area contributed by atoms with E-state index < -0.39 is 0 Å². The maximum absolute atomic E-state index is 11.6. The Hall–Kier alpha value is -1.85. The molecular weight excluding hydrogens is 244 g/mol. The summed E-state index contributed by atoms with van der Waals surface area (Å²) in [5.74, 6) is 1.60. The van der Waals surface area contributed by atoms with Crippen molar-refractivity contribution < 1.29 is 4.79 Å². The van der Waals surface area contributed by atoms with Gasteiger partial charge in [0.25, 0.3) is 5.56 Å². The van der Waals surface area contributed by atoms with E-state index in [0.717, 1.165) is 6.42 Å². The van der Waals surface area contributed by atoms with Gasteiger partial charge in [0.15, 0.2) is 0 Å². The van der Waals surface area contributed by atoms with Gasteiger partial charge in [-0.05, 0) is 6.42 Å². The van der Waals surface area contributed by atoms with Gasteiger partial charge < -0.3 is 15.2 Å². The fourth-order valence-corrected chi connectivity index (χ4v) is 2.16. The van der Waals surface area contributed by atoms with Crippen LogP contribution in [-0.4, -0.2) is 40.4 Å². The summed E-state index contributed by atoms with van der Waals surface area (Å²) in [5, 5.41) is 3.24. The van der Waals surface area contributed by atoms with Crippen LogP contribution < -0.4 is 10.9 Å². The monoisotopic (exact) mass is 264 g/mol. The smallest absolute Gasteiger partial charge is 0.252 e. The Morgan fingerprint density at radius 1 is 1.47 bits per heavy atom. The van der Waals surface area contributed by atoms with Crippen molar-refractivity contribution in [2.24, 2.45) is 0 Å². The summed E-state index contributed by atoms with van der Waals surface area (Å²) in [6.45, 7) is 4.61. The number of hydrogen-bond donors (Lipinski definition) is 2. The molecule has 0 saturated carbocycles. The van der Waals surface area contributed by atoms with Gasteiger partial charge in [0.1, 0.15) is 11.6 Å². The van der Waals surface area contributed by atoms with Crippen LogP contribution in [0.25, 0.3) is 0 Å². The molecule has 2 N–H and O–H groups in total. The van der Waals surface area contributed by atoms with Crippen LogP contribution >= 0.6 is 0 Å². The Morgan fingerprint density at radius 2 is 2.21 bits per heavy atom. The minimum absolute atomic E-state index is 0.150. The van der Waals surface area contributed by atoms with Gasteiger partial charge in [-0.25, -0.2) is 4.98 Å². The van der Waals surface area contributed by atoms with Crippen molar-refractivity contribution in [2.45, 2.75) is 38.6 Å². The molecule has 0 aromatic carbocycles. The predicted octanol–water partition coefficient (Wildman–Crippen LogP) is 0.926. The van der Waals surface area contributed by atoms with Crippen LogP contribution in [0.4, 0.5) is 5.82 Å². The second-order valence-corrected chi connectivity index (χ2v) is 5.32. The van der Waals surface area contributed by atoms with Crippen LogP contribution in [-0.2, 0) is 4.79 Å². The highest BCUT2D eigenvalue weighted by Gasteiger charge is 2.23. The first-order valence-corrected chi connectivity index (χ1v) is 6.57. The Morgan fingerprint density at radius 3 is 2.84 bits per heavy atom. The summed E-state index contributed by atoms with van der Waals surface area (Å²) in [5.41, 5.74) is -0.151. The van der Waals surface area contributed by atoms with Gasteiger partial charge in [0, 0.05) is 38.0 Å². The lowest BCUT2D eigenvalue weighted by Gasteiger charge is -2.30. The summed E-state index contributed by atoms with van der Waals surface area (Å²) in [6.07, 6.45) is 1.31. The van der Waals surface area contributed by atoms with Gasteiger partial charge >= 0.3 is 0 Å². The number of carbonyl (C=O) groups is 1. The van der Waals surface area contributed by atoms with Crippen LogP contribution in [0.1, 0.15) is 38.4 Å². The molecule has 6 nitrogen and oxygen atoms in total. The molecule has 1 aromatic rings. The van der Waals surface area contributed by atoms with E-state index in [2.05, 4.69) is 15.3 Å². The zero-order valence-corrected chi connectivity index (χ0v) is 11.6. The van der Waals surface area contributed by atoms with Crippen molar-refractivity contribution in [1.29, 1.82) is 0 Å². The maximum atomic E-state index is 11.6. The lowest BCUT2D eigenvalue weighted by molar-refractivity contribution is -0.132. The molecule has 1 amide bonds. The molecule has 1 aliphatic heterocycles. The largest absolute Gasteiger partial charge is 0.365 e. The number of nitrogens with zero attached hydrogens (tertiary/aromatic N) is 2. The van der Waals surface area contributed by atoms with E-state index in [9.17, 15) is 9.59 Å². The number of anilines is 1. The molecule has 0 aliphatic carbocycles. The molecule has 1 aliphatic rings. The van der Waals surface area contributed by atoms with Gasteiger partial charge in [0.2, 0.25) is 5.91 Å². The summed E-state index contributed by atoms with van der Waals surface area (Å²) >= 11 is 0. The average molecular weight is 264 g/mol. The normalized spacial score (nSPS) is 19.9. The number of hydrogen-bond acceptors (Lipinski definition) is 4. The highest BCUT2D eigenvalue weighted by molar-refractivity contribution is 5.77. The van der Waals surface area contributed by atoms with Crippen molar-refractivity contribution in [3.8, 4) is 0 Å². The Labute approximate surface area is 112 Å². The molecule has 2 heterocycles. The maximum Gasteiger partial charge on any atom is 0.252 e. The first-order chi connectivity index (χ1) is 8.95. The zero-order valence-electron chi connectivity index (χ0n) is 11.6. The standard InChI is InChI=1S/C13H20N4O2/c1-8(2)13-15-10(6-11(18)16-13)14-9-4-5-12(19)17(3)7-9/h6,8-9H,4-5,7H2,1-3H3,(H2,14,15,16,18). The lowest BCUT2D eigenvalue weighted by atomic mass is 10.1. The second-order valence-electron chi connectivity index (χ2n) is 5.32. The van der Waals surface area contributed by atoms with Crippen molar-refractivity contribution in [3.05, 3.63) is 22.2 Å². The third-order valence-corrected chi connectivity index (χ3v) is 3.29. The number of piperidine rings is 1. The van der Waals surface area contributed by atoms with E-state index in [-0.39, 0.29) is 23.4 Å². The number of likely N-dealkylation sites (N-methyl/N-ethyl adjacent to an activating group) is 1. The first kappa shape index (κ1) is 13.6. The van der Waals surface area contributed by atoms with Gasteiger partial charge in [-0.3, -0.25) is 9.59 Å². The highest BCUT2D eigenvalue weighted by Crippen LogP contribution is 2.15. The van der Waals surface area contributed by atoms with Gasteiger partial charge in [-0.1, -0.05) is 13.8 Å². The van der Waals surface area contributed by atoms with Crippen molar-refractivity contribution in [1.82, 2.24) is 14.9 Å². The van der Waals surface area contributed by atoms with Crippen LogP contribution in [0.3, 0.4) is 0 Å². The molecule has 104 valence electrons. The quantitative estimate of drug-likeness (QED) is 0.851. The third-order valence-electron chi connectivity index (χ3n) is 3.29. The van der Waals surface area contributed by atoms with Crippen molar-refractivity contribution in [2.75, 3.05) is 18.9 Å². The van der Waals surface area contributed by atoms with E-state index in [1.165, 1.54) is 6.07 Å². The zero-order chi connectivity index (χ0) is 14.0. The minimum atomic E-state index is -0.151. The summed E-state index contributed by atoms with van der Waals surface area (Å²) < 4.78 is 0. The van der Waals surface area contributed by atoms with Crippen LogP contribution in [0.2, 0.25) is 0 Å². The molecule has 0 radical (unpaired) electrons. The highest BCUT2D eigenvalue weighted by atomic mass is 16.2. The van der Waals surface area contributed by atoms with Gasteiger partial charge in [-0.2, -0.15) is 0 Å². The number of rotatable bonds is 3. The molecule has 1 atom stereocenters. The molecule has 1 aromatic heterocycles. The molecule has 0 bridgehead atoms. The first-order valence-electron chi connectivity index (χ1n) is 6.57. The van der Waals surface area contributed by atoms with Crippen molar-refractivity contribution in [3.63, 3.8) is 0 Å². The van der Waals surface area contributed by atoms with Gasteiger partial charge in [-0.15, -0.1) is 0 Å². The molecular formula is C13H20N4O2. The molecule has 0 spiro atoms. The number of carbonyl (C=O) groups excluding carboxylic acids is 1. The van der Waals surface area contributed by atoms with E-state index >= 15 is 0 Å². The molecule has 6 heteroatoms. The third kappa shape index (κ3) is 3.33. The van der Waals surface area contributed by atoms with E-state index in [4.69, 9.17) is 0 Å². The summed E-state index contributed by atoms with van der Waals surface area (Å²) in [6, 6.07) is 1.61. The van der Waals surface area contributed by atoms with Crippen LogP contribution in [0.15, 0.2) is 10.9 Å². The predicted molar refractivity (Wildman–Crippen MR) is 73.2 cm³/mol. The van der Waals surface area contributed by atoms with Gasteiger partial charge in [0.05, 0.1) is 0 Å². The Balaban J connectivity index is 2.11. The Kier molecular flexibility index (Phi) is 3.87. The number of amides is 1. The van der Waals surface area contributed by atoms with Crippen LogP contribution in [0.5, 0.6) is 0 Å². The molecule has 19 heavy (non-hydrogen) atoms. The number of H-pyrrole nitrogens is 1. The lowest BCUT2D eigenvalue weighted by Crippen LogP contribution is -2.43. The fourth-order valence-electron chi connectivity index (χ4n) is 2.16. The molecule has 2 rings (SSSR count). The van der Waals surface area contributed by atoms with E-state index in [0.29, 0.717) is 24.6 Å². The van der Waals surface area contributed by atoms with E-state index in [1.807, 2.05) is 13.8 Å². The summed E-state index contributed by atoms with van der Waals surface area (Å²) in [4.78, 5) is 31.8. The topological polar surface area (TPSA) is 78.1 Å². The number of aromatic nitrogens is 2. The summed E-state index contributed by atoms with van der Waals surface area (Å²) in [7, 11) is 1.79. The molecule has 1 fully saturated rings. The average Bonchev–Trinajstić information content (AvgIpc) is 2.33. The number of aromatic amines is 1. The molecule has 1 saturated heterocycles. The fraction of sp³-hybridized carbons (Fsp3) is 0.615. The minimum Gasteiger partial charge on any atom is -0.365 e. The molecule has 1 unspecified atom stereocenters. The SMILES string of the molecule is CC(C)c1nc(NC2CCC(=O)N(C)C2)cc(=O)[nH]1. The van der Waals surface area contributed by atoms with E-state index in [1.54, 1.807) is 11.9 Å².